The summed E-state index contributed by atoms with van der Waals surface area (Å²) in [5.41, 5.74) is 25.9. The molecule has 2 nitrogen and oxygen atoms in total. The SMILES string of the molecule is CC1(C)c2ccccc2-c2cc(N(c3ccccc3)c3ccc4c(c3)C3(c5ccccc5-4)c4ccccc4-c4c(-c5ccccc5)cc(N(c5ccccc5)c5ccc(C6CCCCC6)cc5)cc43)ccc21. The second-order valence-corrected chi connectivity index (χ2v) is 21.0. The highest BCUT2D eigenvalue weighted by atomic mass is 15.1. The fraction of sp³-hybridized carbons (Fsp3) is 0.143. The number of rotatable bonds is 8. The zero-order valence-electron chi connectivity index (χ0n) is 41.0. The molecule has 2 heteroatoms. The van der Waals surface area contributed by atoms with E-state index in [9.17, 15) is 0 Å². The lowest BCUT2D eigenvalue weighted by molar-refractivity contribution is 0.443. The third-order valence-electron chi connectivity index (χ3n) is 16.8. The molecule has 0 aliphatic heterocycles. The van der Waals surface area contributed by atoms with Gasteiger partial charge < -0.3 is 9.80 Å². The Labute approximate surface area is 424 Å². The van der Waals surface area contributed by atoms with E-state index in [4.69, 9.17) is 0 Å². The lowest BCUT2D eigenvalue weighted by atomic mass is 9.70. The molecule has 4 aliphatic rings. The van der Waals surface area contributed by atoms with Crippen LogP contribution in [0.4, 0.5) is 34.1 Å². The Hall–Kier alpha value is -8.20. The maximum atomic E-state index is 2.55. The van der Waals surface area contributed by atoms with E-state index in [-0.39, 0.29) is 5.41 Å². The Morgan fingerprint density at radius 3 is 1.46 bits per heavy atom. The molecule has 0 radical (unpaired) electrons. The molecule has 346 valence electrons. The molecule has 10 aromatic rings. The smallest absolute Gasteiger partial charge is 0.0727 e. The van der Waals surface area contributed by atoms with E-state index in [1.807, 2.05) is 0 Å². The zero-order valence-corrected chi connectivity index (χ0v) is 41.0. The highest BCUT2D eigenvalue weighted by Gasteiger charge is 2.53. The summed E-state index contributed by atoms with van der Waals surface area (Å²) < 4.78 is 0. The summed E-state index contributed by atoms with van der Waals surface area (Å²) in [6.45, 7) is 4.73. The summed E-state index contributed by atoms with van der Waals surface area (Å²) in [4.78, 5) is 4.98. The number of para-hydroxylation sites is 2. The van der Waals surface area contributed by atoms with Crippen LogP contribution in [0.3, 0.4) is 0 Å². The van der Waals surface area contributed by atoms with Crippen LogP contribution in [0.2, 0.25) is 0 Å². The first-order valence-electron chi connectivity index (χ1n) is 26.1. The number of hydrogen-bond acceptors (Lipinski definition) is 2. The molecule has 0 amide bonds. The molecule has 0 aromatic heterocycles. The van der Waals surface area contributed by atoms with E-state index >= 15 is 0 Å². The zero-order chi connectivity index (χ0) is 48.0. The molecule has 10 aromatic carbocycles. The predicted octanol–water partition coefficient (Wildman–Crippen LogP) is 19.0. The van der Waals surface area contributed by atoms with Gasteiger partial charge in [0.1, 0.15) is 0 Å². The summed E-state index contributed by atoms with van der Waals surface area (Å²) in [6.07, 6.45) is 6.56. The van der Waals surface area contributed by atoms with Crippen molar-refractivity contribution >= 4 is 34.1 Å². The lowest BCUT2D eigenvalue weighted by Gasteiger charge is -2.34. The summed E-state index contributed by atoms with van der Waals surface area (Å²) >= 11 is 0. The van der Waals surface area contributed by atoms with E-state index in [2.05, 4.69) is 260 Å². The largest absolute Gasteiger partial charge is 0.310 e. The predicted molar refractivity (Wildman–Crippen MR) is 301 cm³/mol. The Kier molecular flexibility index (Phi) is 9.90. The minimum absolute atomic E-state index is 0.0804. The lowest BCUT2D eigenvalue weighted by Crippen LogP contribution is -2.26. The molecule has 0 heterocycles. The van der Waals surface area contributed by atoms with Crippen molar-refractivity contribution in [3.63, 3.8) is 0 Å². The molecule has 72 heavy (non-hydrogen) atoms. The minimum Gasteiger partial charge on any atom is -0.310 e. The van der Waals surface area contributed by atoms with Gasteiger partial charge in [0.05, 0.1) is 5.41 Å². The van der Waals surface area contributed by atoms with Gasteiger partial charge in [-0.05, 0) is 175 Å². The van der Waals surface area contributed by atoms with Gasteiger partial charge in [-0.3, -0.25) is 0 Å². The molecule has 1 atom stereocenters. The van der Waals surface area contributed by atoms with E-state index in [0.717, 1.165) is 34.1 Å². The van der Waals surface area contributed by atoms with Crippen LogP contribution in [-0.2, 0) is 10.8 Å². The van der Waals surface area contributed by atoms with E-state index in [0.29, 0.717) is 5.92 Å². The van der Waals surface area contributed by atoms with Gasteiger partial charge in [0.15, 0.2) is 0 Å². The minimum atomic E-state index is -0.621. The van der Waals surface area contributed by atoms with Crippen LogP contribution in [0, 0.1) is 0 Å². The van der Waals surface area contributed by atoms with Crippen molar-refractivity contribution in [1.82, 2.24) is 0 Å². The Morgan fingerprint density at radius 2 is 0.778 bits per heavy atom. The van der Waals surface area contributed by atoms with Crippen LogP contribution >= 0.6 is 0 Å². The first kappa shape index (κ1) is 42.7. The molecule has 1 spiro atoms. The highest BCUT2D eigenvalue weighted by molar-refractivity contribution is 6.02. The number of anilines is 6. The topological polar surface area (TPSA) is 6.48 Å². The van der Waals surface area contributed by atoms with Crippen LogP contribution in [0.5, 0.6) is 0 Å². The van der Waals surface area contributed by atoms with Crippen LogP contribution < -0.4 is 9.80 Å². The van der Waals surface area contributed by atoms with Gasteiger partial charge in [-0.25, -0.2) is 0 Å². The van der Waals surface area contributed by atoms with Crippen molar-refractivity contribution in [2.45, 2.75) is 62.7 Å². The Bertz CT molecular complexity index is 3700. The van der Waals surface area contributed by atoms with Crippen molar-refractivity contribution < 1.29 is 0 Å². The molecule has 14 rings (SSSR count). The molecule has 4 aliphatic carbocycles. The van der Waals surface area contributed by atoms with E-state index < -0.39 is 5.41 Å². The Balaban J connectivity index is 1.02. The number of fused-ring (bicyclic) bond motifs is 13. The van der Waals surface area contributed by atoms with Gasteiger partial charge in [0.25, 0.3) is 0 Å². The molecular formula is C70H56N2. The maximum Gasteiger partial charge on any atom is 0.0727 e. The average molecular weight is 925 g/mol. The quantitative estimate of drug-likeness (QED) is 0.150. The summed E-state index contributed by atoms with van der Waals surface area (Å²) in [7, 11) is 0. The Morgan fingerprint density at radius 1 is 0.319 bits per heavy atom. The van der Waals surface area contributed by atoms with Crippen molar-refractivity contribution in [3.05, 3.63) is 276 Å². The normalized spacial score (nSPS) is 16.6. The van der Waals surface area contributed by atoms with Gasteiger partial charge in [-0.15, -0.1) is 0 Å². The number of nitrogens with zero attached hydrogens (tertiary/aromatic N) is 2. The first-order chi connectivity index (χ1) is 35.5. The summed E-state index contributed by atoms with van der Waals surface area (Å²) in [5, 5.41) is 0. The third kappa shape index (κ3) is 6.41. The second-order valence-electron chi connectivity index (χ2n) is 21.0. The fourth-order valence-corrected chi connectivity index (χ4v) is 13.6. The van der Waals surface area contributed by atoms with E-state index in [1.165, 1.54) is 116 Å². The fourth-order valence-electron chi connectivity index (χ4n) is 13.6. The van der Waals surface area contributed by atoms with Gasteiger partial charge in [-0.2, -0.15) is 0 Å². The molecule has 0 saturated heterocycles. The third-order valence-corrected chi connectivity index (χ3v) is 16.8. The maximum absolute atomic E-state index is 2.55. The van der Waals surface area contributed by atoms with Gasteiger partial charge >= 0.3 is 0 Å². The summed E-state index contributed by atoms with van der Waals surface area (Å²) in [5.74, 6) is 0.637. The number of hydrogen-bond donors (Lipinski definition) is 0. The molecule has 0 bridgehead atoms. The molecule has 0 N–H and O–H groups in total. The first-order valence-corrected chi connectivity index (χ1v) is 26.1. The highest BCUT2D eigenvalue weighted by Crippen LogP contribution is 2.65. The average Bonchev–Trinajstić information content (AvgIpc) is 4.01. The van der Waals surface area contributed by atoms with Crippen LogP contribution in [-0.4, -0.2) is 0 Å². The van der Waals surface area contributed by atoms with Gasteiger partial charge in [0, 0.05) is 39.5 Å². The number of benzene rings is 10. The van der Waals surface area contributed by atoms with Gasteiger partial charge in [-0.1, -0.05) is 197 Å². The van der Waals surface area contributed by atoms with Gasteiger partial charge in [0.2, 0.25) is 0 Å². The molecule has 1 saturated carbocycles. The van der Waals surface area contributed by atoms with Crippen LogP contribution in [0.25, 0.3) is 44.5 Å². The molecule has 1 fully saturated rings. The van der Waals surface area contributed by atoms with Crippen molar-refractivity contribution in [2.24, 2.45) is 0 Å². The van der Waals surface area contributed by atoms with Crippen LogP contribution in [0.15, 0.2) is 237 Å². The standard InChI is InChI=1S/C70H56N2/c1-69(2)62-32-18-15-30-57(62)61-43-53(40-42-63(61)69)72(51-27-13-6-14-28-51)54-39-41-58-56-29-16-19-33-64(56)70(66(58)45-54)65-34-20-17-31-59(65)68-60(49-23-9-4-10-24-49)44-55(46-67(68)70)71(50-25-11-5-12-26-50)52-37-35-48(36-38-52)47-21-7-3-8-22-47/h4-6,9-20,23-47H,3,7-8,21-22H2,1-2H3. The van der Waals surface area contributed by atoms with Crippen molar-refractivity contribution in [1.29, 1.82) is 0 Å². The second kappa shape index (κ2) is 16.7. The van der Waals surface area contributed by atoms with Crippen LogP contribution in [0.1, 0.15) is 90.8 Å². The summed E-state index contributed by atoms with van der Waals surface area (Å²) in [6, 6.07) is 89.6. The van der Waals surface area contributed by atoms with Crippen molar-refractivity contribution in [2.75, 3.05) is 9.80 Å². The molecule has 1 unspecified atom stereocenters. The van der Waals surface area contributed by atoms with Crippen molar-refractivity contribution in [3.8, 4) is 44.5 Å². The monoisotopic (exact) mass is 924 g/mol. The molecular weight excluding hydrogens is 869 g/mol. The van der Waals surface area contributed by atoms with E-state index in [1.54, 1.807) is 0 Å².